The van der Waals surface area contributed by atoms with Crippen LogP contribution in [-0.2, 0) is 4.79 Å². The lowest BCUT2D eigenvalue weighted by Gasteiger charge is -2.37. The quantitative estimate of drug-likeness (QED) is 0.626. The highest BCUT2D eigenvalue weighted by Gasteiger charge is 2.25. The van der Waals surface area contributed by atoms with E-state index in [0.29, 0.717) is 0 Å². The topological polar surface area (TPSA) is 79.6 Å². The zero-order chi connectivity index (χ0) is 15.6. The van der Waals surface area contributed by atoms with E-state index in [2.05, 4.69) is 9.88 Å². The van der Waals surface area contributed by atoms with Crippen molar-refractivity contribution < 1.29 is 9.72 Å². The maximum absolute atomic E-state index is 11.4. The highest BCUT2D eigenvalue weighted by Crippen LogP contribution is 2.25. The second-order valence-corrected chi connectivity index (χ2v) is 5.44. The Morgan fingerprint density at radius 1 is 1.48 bits per heavy atom. The number of aryl methyl sites for hydroxylation is 1. The van der Waals surface area contributed by atoms with Crippen molar-refractivity contribution in [1.29, 1.82) is 0 Å². The van der Waals surface area contributed by atoms with Gasteiger partial charge in [-0.3, -0.25) is 14.9 Å². The minimum atomic E-state index is -0.433. The monoisotopic (exact) mass is 292 g/mol. The summed E-state index contributed by atoms with van der Waals surface area (Å²) in [7, 11) is 1.83. The molecular weight excluding hydrogens is 272 g/mol. The molecule has 2 heterocycles. The van der Waals surface area contributed by atoms with Crippen molar-refractivity contribution in [3.63, 3.8) is 0 Å². The molecule has 1 aromatic heterocycles. The van der Waals surface area contributed by atoms with Gasteiger partial charge in [0.25, 0.3) is 5.69 Å². The van der Waals surface area contributed by atoms with Crippen molar-refractivity contribution in [2.75, 3.05) is 25.0 Å². The summed E-state index contributed by atoms with van der Waals surface area (Å²) in [6.07, 6.45) is 3.07. The third-order valence-electron chi connectivity index (χ3n) is 4.06. The molecule has 0 aliphatic carbocycles. The van der Waals surface area contributed by atoms with Gasteiger partial charge in [0.15, 0.2) is 0 Å². The van der Waals surface area contributed by atoms with Gasteiger partial charge in [0.1, 0.15) is 12.0 Å². The van der Waals surface area contributed by atoms with E-state index in [1.54, 1.807) is 17.9 Å². The molecule has 7 nitrogen and oxygen atoms in total. The van der Waals surface area contributed by atoms with Crippen molar-refractivity contribution in [2.24, 2.45) is 0 Å². The Morgan fingerprint density at radius 3 is 2.57 bits per heavy atom. The summed E-state index contributed by atoms with van der Waals surface area (Å²) >= 11 is 0. The Labute approximate surface area is 123 Å². The van der Waals surface area contributed by atoms with Gasteiger partial charge >= 0.3 is 0 Å². The number of nitro groups is 1. The van der Waals surface area contributed by atoms with Crippen LogP contribution in [0.4, 0.5) is 11.5 Å². The average Bonchev–Trinajstić information content (AvgIpc) is 2.46. The van der Waals surface area contributed by atoms with Crippen LogP contribution in [0.15, 0.2) is 12.3 Å². The summed E-state index contributed by atoms with van der Waals surface area (Å²) in [4.78, 5) is 29.8. The Kier molecular flexibility index (Phi) is 4.40. The minimum Gasteiger partial charge on any atom is -0.356 e. The average molecular weight is 292 g/mol. The molecule has 0 aromatic carbocycles. The van der Waals surface area contributed by atoms with Gasteiger partial charge < -0.3 is 9.80 Å². The predicted molar refractivity (Wildman–Crippen MR) is 79.3 cm³/mol. The molecule has 0 atom stereocenters. The lowest BCUT2D eigenvalue weighted by molar-refractivity contribution is -0.385. The summed E-state index contributed by atoms with van der Waals surface area (Å²) < 4.78 is 0. The van der Waals surface area contributed by atoms with Gasteiger partial charge in [0.2, 0.25) is 5.91 Å². The number of pyridine rings is 1. The van der Waals surface area contributed by atoms with Gasteiger partial charge in [-0.1, -0.05) is 0 Å². The molecular formula is C14H20N4O3. The number of anilines is 1. The van der Waals surface area contributed by atoms with Crippen molar-refractivity contribution in [2.45, 2.75) is 32.7 Å². The van der Waals surface area contributed by atoms with Crippen LogP contribution in [0.25, 0.3) is 0 Å². The Bertz CT molecular complexity index is 553. The van der Waals surface area contributed by atoms with Crippen molar-refractivity contribution in [3.8, 4) is 0 Å². The highest BCUT2D eigenvalue weighted by molar-refractivity contribution is 5.73. The van der Waals surface area contributed by atoms with Crippen molar-refractivity contribution in [3.05, 3.63) is 27.9 Å². The van der Waals surface area contributed by atoms with Crippen LogP contribution in [0.1, 0.15) is 25.3 Å². The maximum atomic E-state index is 11.4. The molecule has 7 heteroatoms. The number of piperidine rings is 1. The molecule has 1 amide bonds. The fourth-order valence-corrected chi connectivity index (χ4v) is 2.71. The Hall–Kier alpha value is -2.18. The summed E-state index contributed by atoms with van der Waals surface area (Å²) in [5.74, 6) is 0.877. The number of hydrogen-bond donors (Lipinski definition) is 0. The van der Waals surface area contributed by atoms with Gasteiger partial charge in [-0.2, -0.15) is 0 Å². The molecule has 0 spiro atoms. The molecule has 1 aliphatic rings. The molecule has 1 aromatic rings. The van der Waals surface area contributed by atoms with Crippen LogP contribution in [0, 0.1) is 17.0 Å². The van der Waals surface area contributed by atoms with E-state index >= 15 is 0 Å². The van der Waals surface area contributed by atoms with Crippen LogP contribution < -0.4 is 4.90 Å². The summed E-state index contributed by atoms with van der Waals surface area (Å²) in [5, 5.41) is 10.7. The van der Waals surface area contributed by atoms with Gasteiger partial charge in [-0.05, 0) is 25.3 Å². The first-order chi connectivity index (χ1) is 9.90. The van der Waals surface area contributed by atoms with Crippen molar-refractivity contribution >= 4 is 17.4 Å². The second-order valence-electron chi connectivity index (χ2n) is 5.44. The molecule has 0 N–H and O–H groups in total. The van der Waals surface area contributed by atoms with Gasteiger partial charge in [0.05, 0.1) is 4.92 Å². The number of amides is 1. The molecule has 114 valence electrons. The number of aromatic nitrogens is 1. The maximum Gasteiger partial charge on any atom is 0.287 e. The molecule has 21 heavy (non-hydrogen) atoms. The van der Waals surface area contributed by atoms with Crippen LogP contribution >= 0.6 is 0 Å². The first kappa shape index (κ1) is 15.2. The molecule has 0 bridgehead atoms. The number of carbonyl (C=O) groups is 1. The van der Waals surface area contributed by atoms with Crippen LogP contribution in [0.2, 0.25) is 0 Å². The second kappa shape index (κ2) is 6.07. The molecule has 2 rings (SSSR count). The third-order valence-corrected chi connectivity index (χ3v) is 4.06. The molecule has 1 aliphatic heterocycles. The summed E-state index contributed by atoms with van der Waals surface area (Å²) in [6.45, 7) is 5.01. The van der Waals surface area contributed by atoms with E-state index in [-0.39, 0.29) is 17.6 Å². The summed E-state index contributed by atoms with van der Waals surface area (Å²) in [6, 6.07) is 1.81. The standard InChI is InChI=1S/C14H20N4O3/c1-10-8-13(18(20)21)9-15-14(10)17-6-4-12(5-7-17)16(3)11(2)19/h8-9,12H,4-7H2,1-3H3. The molecule has 0 unspecified atom stereocenters. The zero-order valence-corrected chi connectivity index (χ0v) is 12.6. The van der Waals surface area contributed by atoms with Crippen LogP contribution in [-0.4, -0.2) is 46.9 Å². The SMILES string of the molecule is CC(=O)N(C)C1CCN(c2ncc([N+](=O)[O-])cc2C)CC1. The van der Waals surface area contributed by atoms with Gasteiger partial charge in [-0.25, -0.2) is 4.98 Å². The predicted octanol–water partition coefficient (Wildman–Crippen LogP) is 1.75. The normalized spacial score (nSPS) is 15.9. The van der Waals surface area contributed by atoms with Gasteiger partial charge in [0, 0.05) is 39.2 Å². The van der Waals surface area contributed by atoms with E-state index in [1.165, 1.54) is 6.20 Å². The first-order valence-electron chi connectivity index (χ1n) is 6.99. The fraction of sp³-hybridized carbons (Fsp3) is 0.571. The molecule has 1 fully saturated rings. The zero-order valence-electron chi connectivity index (χ0n) is 12.6. The largest absolute Gasteiger partial charge is 0.356 e. The smallest absolute Gasteiger partial charge is 0.287 e. The van der Waals surface area contributed by atoms with Crippen LogP contribution in [0.5, 0.6) is 0 Å². The lowest BCUT2D eigenvalue weighted by Crippen LogP contribution is -2.45. The summed E-state index contributed by atoms with van der Waals surface area (Å²) in [5.41, 5.74) is 0.824. The van der Waals surface area contributed by atoms with E-state index in [4.69, 9.17) is 0 Å². The fourth-order valence-electron chi connectivity index (χ4n) is 2.71. The van der Waals surface area contributed by atoms with E-state index in [1.807, 2.05) is 14.0 Å². The van der Waals surface area contributed by atoms with Crippen molar-refractivity contribution in [1.82, 2.24) is 9.88 Å². The van der Waals surface area contributed by atoms with Crippen LogP contribution in [0.3, 0.4) is 0 Å². The number of hydrogen-bond acceptors (Lipinski definition) is 5. The number of carbonyl (C=O) groups excluding carboxylic acids is 1. The lowest BCUT2D eigenvalue weighted by atomic mass is 10.0. The van der Waals surface area contributed by atoms with Gasteiger partial charge in [-0.15, -0.1) is 0 Å². The molecule has 1 saturated heterocycles. The van der Waals surface area contributed by atoms with E-state index in [0.717, 1.165) is 37.3 Å². The number of nitrogens with zero attached hydrogens (tertiary/aromatic N) is 4. The Balaban J connectivity index is 2.05. The van der Waals surface area contributed by atoms with E-state index in [9.17, 15) is 14.9 Å². The third kappa shape index (κ3) is 3.29. The molecule has 0 saturated carbocycles. The highest BCUT2D eigenvalue weighted by atomic mass is 16.6. The Morgan fingerprint density at radius 2 is 2.10 bits per heavy atom. The first-order valence-corrected chi connectivity index (χ1v) is 6.99. The minimum absolute atomic E-state index is 0.0162. The van der Waals surface area contributed by atoms with E-state index < -0.39 is 4.92 Å². The molecule has 0 radical (unpaired) electrons. The number of rotatable bonds is 3.